The van der Waals surface area contributed by atoms with Gasteiger partial charge in [-0.2, -0.15) is 0 Å². The fourth-order valence-electron chi connectivity index (χ4n) is 2.36. The van der Waals surface area contributed by atoms with Crippen LogP contribution in [0.25, 0.3) is 0 Å². The second kappa shape index (κ2) is 8.24. The number of para-hydroxylation sites is 2. The molecular weight excluding hydrogens is 338 g/mol. The number of methoxy groups -OCH3 is 1. The molecule has 26 heavy (non-hydrogen) atoms. The molecule has 0 aliphatic carbocycles. The highest BCUT2D eigenvalue weighted by Crippen LogP contribution is 2.31. The second-order valence-corrected chi connectivity index (χ2v) is 5.60. The van der Waals surface area contributed by atoms with E-state index in [0.717, 1.165) is 11.3 Å². The Labute approximate surface area is 150 Å². The molecule has 0 spiro atoms. The van der Waals surface area contributed by atoms with E-state index in [-0.39, 0.29) is 13.2 Å². The van der Waals surface area contributed by atoms with Crippen molar-refractivity contribution in [1.82, 2.24) is 5.32 Å². The highest BCUT2D eigenvalue weighted by molar-refractivity contribution is 5.82. The highest BCUT2D eigenvalue weighted by atomic mass is 16.6. The molecule has 1 aliphatic rings. The van der Waals surface area contributed by atoms with Crippen LogP contribution in [0.1, 0.15) is 5.56 Å². The van der Waals surface area contributed by atoms with Crippen molar-refractivity contribution in [3.05, 3.63) is 54.1 Å². The van der Waals surface area contributed by atoms with Gasteiger partial charge in [0.15, 0.2) is 18.1 Å². The maximum absolute atomic E-state index is 12.0. The minimum absolute atomic E-state index is 0.0450. The first-order valence-electron chi connectivity index (χ1n) is 8.10. The zero-order valence-corrected chi connectivity index (χ0v) is 14.3. The number of carbonyl (C=O) groups is 2. The molecule has 0 radical (unpaired) electrons. The summed E-state index contributed by atoms with van der Waals surface area (Å²) in [6, 6.07) is 14.3. The maximum atomic E-state index is 12.0. The molecular formula is C19H19NO6. The van der Waals surface area contributed by atoms with Gasteiger partial charge in [-0.15, -0.1) is 0 Å². The molecule has 136 valence electrons. The Kier molecular flexibility index (Phi) is 5.58. The first kappa shape index (κ1) is 17.6. The standard InChI is InChI=1S/C19H19NO6/c1-23-14-8-6-13(7-9-14)10-20-18(21)12-25-19(22)17-11-24-15-4-2-3-5-16(15)26-17/h2-9,17H,10-12H2,1H3,(H,20,21)/t17-/m0/s1. The van der Waals surface area contributed by atoms with Crippen molar-refractivity contribution >= 4 is 11.9 Å². The van der Waals surface area contributed by atoms with Gasteiger partial charge in [-0.1, -0.05) is 24.3 Å². The lowest BCUT2D eigenvalue weighted by atomic mass is 10.2. The number of esters is 1. The van der Waals surface area contributed by atoms with Gasteiger partial charge in [0.1, 0.15) is 12.4 Å². The van der Waals surface area contributed by atoms with Crippen LogP contribution in [-0.4, -0.2) is 38.3 Å². The largest absolute Gasteiger partial charge is 0.497 e. The average Bonchev–Trinajstić information content (AvgIpc) is 2.70. The van der Waals surface area contributed by atoms with Crippen molar-refractivity contribution in [2.45, 2.75) is 12.6 Å². The molecule has 0 saturated carbocycles. The molecule has 0 fully saturated rings. The topological polar surface area (TPSA) is 83.1 Å². The normalized spacial score (nSPS) is 15.0. The molecule has 2 aromatic carbocycles. The van der Waals surface area contributed by atoms with Gasteiger partial charge < -0.3 is 24.3 Å². The van der Waals surface area contributed by atoms with Crippen LogP contribution in [0.5, 0.6) is 17.2 Å². The first-order valence-corrected chi connectivity index (χ1v) is 8.10. The summed E-state index contributed by atoms with van der Waals surface area (Å²) in [6.45, 7) is -0.00337. The van der Waals surface area contributed by atoms with E-state index in [1.807, 2.05) is 18.2 Å². The van der Waals surface area contributed by atoms with Gasteiger partial charge in [-0.25, -0.2) is 4.79 Å². The summed E-state index contributed by atoms with van der Waals surface area (Å²) in [4.78, 5) is 23.9. The zero-order valence-electron chi connectivity index (χ0n) is 14.3. The van der Waals surface area contributed by atoms with Crippen LogP contribution in [0, 0.1) is 0 Å². The Bertz CT molecular complexity index is 774. The molecule has 0 unspecified atom stereocenters. The van der Waals surface area contributed by atoms with Crippen molar-refractivity contribution in [1.29, 1.82) is 0 Å². The maximum Gasteiger partial charge on any atom is 0.351 e. The molecule has 2 aromatic rings. The Hall–Kier alpha value is -3.22. The SMILES string of the molecule is COc1ccc(CNC(=O)COC(=O)[C@@H]2COc3ccccc3O2)cc1. The van der Waals surface area contributed by atoms with Gasteiger partial charge in [-0.3, -0.25) is 4.79 Å². The van der Waals surface area contributed by atoms with Crippen LogP contribution in [-0.2, 0) is 20.9 Å². The van der Waals surface area contributed by atoms with E-state index in [9.17, 15) is 9.59 Å². The van der Waals surface area contributed by atoms with Crippen molar-refractivity contribution in [3.8, 4) is 17.2 Å². The third-order valence-corrected chi connectivity index (χ3v) is 3.77. The van der Waals surface area contributed by atoms with Crippen LogP contribution >= 0.6 is 0 Å². The van der Waals surface area contributed by atoms with Crippen LogP contribution in [0.4, 0.5) is 0 Å². The Morgan fingerprint density at radius 2 is 1.85 bits per heavy atom. The summed E-state index contributed by atoms with van der Waals surface area (Å²) in [5, 5.41) is 2.68. The molecule has 1 N–H and O–H groups in total. The molecule has 7 nitrogen and oxygen atoms in total. The van der Waals surface area contributed by atoms with E-state index in [1.165, 1.54) is 0 Å². The summed E-state index contributed by atoms with van der Waals surface area (Å²) in [5.74, 6) is 0.758. The van der Waals surface area contributed by atoms with Crippen LogP contribution < -0.4 is 19.5 Å². The molecule has 0 bridgehead atoms. The zero-order chi connectivity index (χ0) is 18.4. The van der Waals surface area contributed by atoms with Gasteiger partial charge in [0.25, 0.3) is 5.91 Å². The highest BCUT2D eigenvalue weighted by Gasteiger charge is 2.29. The Balaban J connectivity index is 1.42. The third kappa shape index (κ3) is 4.44. The minimum atomic E-state index is -0.890. The molecule has 0 saturated heterocycles. The number of fused-ring (bicyclic) bond motifs is 1. The van der Waals surface area contributed by atoms with E-state index in [0.29, 0.717) is 18.0 Å². The predicted octanol–water partition coefficient (Wildman–Crippen LogP) is 1.69. The van der Waals surface area contributed by atoms with Crippen molar-refractivity contribution in [3.63, 3.8) is 0 Å². The van der Waals surface area contributed by atoms with E-state index >= 15 is 0 Å². The number of hydrogen-bond donors (Lipinski definition) is 1. The average molecular weight is 357 g/mol. The lowest BCUT2D eigenvalue weighted by Crippen LogP contribution is -2.39. The number of hydrogen-bond acceptors (Lipinski definition) is 6. The number of nitrogens with one attached hydrogen (secondary N) is 1. The number of ether oxygens (including phenoxy) is 4. The van der Waals surface area contributed by atoms with E-state index in [2.05, 4.69) is 5.32 Å². The number of amides is 1. The van der Waals surface area contributed by atoms with E-state index in [4.69, 9.17) is 18.9 Å². The lowest BCUT2D eigenvalue weighted by Gasteiger charge is -2.24. The van der Waals surface area contributed by atoms with Crippen LogP contribution in [0.2, 0.25) is 0 Å². The number of benzene rings is 2. The molecule has 1 heterocycles. The van der Waals surface area contributed by atoms with Gasteiger partial charge in [0.2, 0.25) is 6.10 Å². The summed E-state index contributed by atoms with van der Waals surface area (Å²) in [5.41, 5.74) is 0.908. The van der Waals surface area contributed by atoms with Gasteiger partial charge >= 0.3 is 5.97 Å². The van der Waals surface area contributed by atoms with Gasteiger partial charge in [0.05, 0.1) is 7.11 Å². The van der Waals surface area contributed by atoms with E-state index in [1.54, 1.807) is 37.4 Å². The molecule has 3 rings (SSSR count). The first-order chi connectivity index (χ1) is 12.7. The number of carbonyl (C=O) groups excluding carboxylic acids is 2. The molecule has 0 aromatic heterocycles. The summed E-state index contributed by atoms with van der Waals surface area (Å²) < 4.78 is 21.1. The summed E-state index contributed by atoms with van der Waals surface area (Å²) >= 11 is 0. The van der Waals surface area contributed by atoms with Crippen LogP contribution in [0.3, 0.4) is 0 Å². The third-order valence-electron chi connectivity index (χ3n) is 3.77. The molecule has 1 aliphatic heterocycles. The van der Waals surface area contributed by atoms with Crippen molar-refractivity contribution in [2.75, 3.05) is 20.3 Å². The fourth-order valence-corrected chi connectivity index (χ4v) is 2.36. The molecule has 1 amide bonds. The quantitative estimate of drug-likeness (QED) is 0.793. The number of rotatable bonds is 6. The molecule has 7 heteroatoms. The lowest BCUT2D eigenvalue weighted by molar-refractivity contribution is -0.157. The Morgan fingerprint density at radius 1 is 1.12 bits per heavy atom. The minimum Gasteiger partial charge on any atom is -0.497 e. The van der Waals surface area contributed by atoms with Crippen LogP contribution in [0.15, 0.2) is 48.5 Å². The Morgan fingerprint density at radius 3 is 2.58 bits per heavy atom. The van der Waals surface area contributed by atoms with E-state index < -0.39 is 18.0 Å². The predicted molar refractivity (Wildman–Crippen MR) is 92.2 cm³/mol. The fraction of sp³-hybridized carbons (Fsp3) is 0.263. The van der Waals surface area contributed by atoms with Gasteiger partial charge in [0, 0.05) is 6.54 Å². The molecule has 1 atom stereocenters. The second-order valence-electron chi connectivity index (χ2n) is 5.60. The monoisotopic (exact) mass is 357 g/mol. The van der Waals surface area contributed by atoms with Crippen molar-refractivity contribution < 1.29 is 28.5 Å². The smallest absolute Gasteiger partial charge is 0.351 e. The summed E-state index contributed by atoms with van der Waals surface area (Å²) in [7, 11) is 1.59. The van der Waals surface area contributed by atoms with Crippen molar-refractivity contribution in [2.24, 2.45) is 0 Å². The van der Waals surface area contributed by atoms with Gasteiger partial charge in [-0.05, 0) is 29.8 Å². The summed E-state index contributed by atoms with van der Waals surface area (Å²) in [6.07, 6.45) is -0.890.